The van der Waals surface area contributed by atoms with Crippen LogP contribution >= 0.6 is 0 Å². The Hall–Kier alpha value is -3.93. The number of anilines is 1. The zero-order chi connectivity index (χ0) is 23.8. The Morgan fingerprint density at radius 1 is 1.00 bits per heavy atom. The Kier molecular flexibility index (Phi) is 5.54. The molecule has 1 aliphatic rings. The number of sulfonamides is 1. The molecule has 1 aromatic heterocycles. The van der Waals surface area contributed by atoms with Gasteiger partial charge in [0.25, 0.3) is 21.8 Å². The number of fused-ring (bicyclic) bond motifs is 1. The summed E-state index contributed by atoms with van der Waals surface area (Å²) < 4.78 is 69.0. The van der Waals surface area contributed by atoms with E-state index >= 15 is 0 Å². The molecule has 12 heteroatoms. The summed E-state index contributed by atoms with van der Waals surface area (Å²) in [6.07, 6.45) is -1.97. The molecule has 2 heterocycles. The summed E-state index contributed by atoms with van der Waals surface area (Å²) >= 11 is 0. The van der Waals surface area contributed by atoms with Gasteiger partial charge in [-0.05, 0) is 35.9 Å². The van der Waals surface area contributed by atoms with Crippen molar-refractivity contribution in [2.75, 3.05) is 4.72 Å². The predicted molar refractivity (Wildman–Crippen MR) is 109 cm³/mol. The number of halogens is 3. The number of carbonyl (C=O) groups is 2. The van der Waals surface area contributed by atoms with Gasteiger partial charge in [0.15, 0.2) is 0 Å². The highest BCUT2D eigenvalue weighted by Crippen LogP contribution is 2.32. The maximum atomic E-state index is 13.0. The Bertz CT molecular complexity index is 1340. The minimum atomic E-state index is -5.00. The van der Waals surface area contributed by atoms with Gasteiger partial charge in [0.1, 0.15) is 5.75 Å². The summed E-state index contributed by atoms with van der Waals surface area (Å²) in [7, 11) is -4.42. The molecule has 0 atom stereocenters. The summed E-state index contributed by atoms with van der Waals surface area (Å²) in [5, 5.41) is 0. The van der Waals surface area contributed by atoms with Crippen LogP contribution in [0.2, 0.25) is 0 Å². The topological polar surface area (TPSA) is 106 Å². The number of imide groups is 1. The number of amides is 2. The monoisotopic (exact) mass is 477 g/mol. The SMILES string of the molecule is O=C1c2cccc(NS(=O)(=O)c3cccc(OC(F)(F)F)c3)c2C(=O)N1Cc1cccnc1. The molecule has 0 bridgehead atoms. The van der Waals surface area contributed by atoms with E-state index in [9.17, 15) is 31.2 Å². The third-order valence-electron chi connectivity index (χ3n) is 4.66. The molecule has 33 heavy (non-hydrogen) atoms. The first-order chi connectivity index (χ1) is 15.5. The molecule has 4 rings (SSSR count). The van der Waals surface area contributed by atoms with Crippen molar-refractivity contribution in [2.24, 2.45) is 0 Å². The number of nitrogens with one attached hydrogen (secondary N) is 1. The molecular formula is C21H14F3N3O5S. The average molecular weight is 477 g/mol. The molecule has 0 radical (unpaired) electrons. The molecule has 0 saturated heterocycles. The minimum absolute atomic E-state index is 0.00162. The molecular weight excluding hydrogens is 463 g/mol. The van der Waals surface area contributed by atoms with Crippen molar-refractivity contribution in [3.8, 4) is 5.75 Å². The summed E-state index contributed by atoms with van der Waals surface area (Å²) in [6.45, 7) is -0.0663. The molecule has 1 aliphatic heterocycles. The number of benzene rings is 2. The van der Waals surface area contributed by atoms with Crippen molar-refractivity contribution in [1.29, 1.82) is 0 Å². The van der Waals surface area contributed by atoms with E-state index in [0.717, 1.165) is 23.1 Å². The van der Waals surface area contributed by atoms with Crippen molar-refractivity contribution in [3.05, 3.63) is 83.7 Å². The van der Waals surface area contributed by atoms with Gasteiger partial charge < -0.3 is 4.74 Å². The maximum absolute atomic E-state index is 13.0. The number of alkyl halides is 3. The second-order valence-electron chi connectivity index (χ2n) is 6.91. The molecule has 0 fully saturated rings. The van der Waals surface area contributed by atoms with Gasteiger partial charge in [0.05, 0.1) is 28.3 Å². The van der Waals surface area contributed by atoms with Crippen LogP contribution in [0.1, 0.15) is 26.3 Å². The quantitative estimate of drug-likeness (QED) is 0.544. The van der Waals surface area contributed by atoms with Crippen LogP contribution in [0.4, 0.5) is 18.9 Å². The Morgan fingerprint density at radius 3 is 2.45 bits per heavy atom. The van der Waals surface area contributed by atoms with Crippen LogP contribution < -0.4 is 9.46 Å². The highest BCUT2D eigenvalue weighted by atomic mass is 32.2. The minimum Gasteiger partial charge on any atom is -0.406 e. The van der Waals surface area contributed by atoms with E-state index in [1.807, 2.05) is 0 Å². The third-order valence-corrected chi connectivity index (χ3v) is 6.02. The van der Waals surface area contributed by atoms with Gasteiger partial charge in [-0.2, -0.15) is 0 Å². The van der Waals surface area contributed by atoms with E-state index in [4.69, 9.17) is 0 Å². The van der Waals surface area contributed by atoms with Gasteiger partial charge in [0, 0.05) is 18.5 Å². The predicted octanol–water partition coefficient (Wildman–Crippen LogP) is 3.58. The second-order valence-corrected chi connectivity index (χ2v) is 8.60. The third kappa shape index (κ3) is 4.65. The van der Waals surface area contributed by atoms with E-state index in [1.54, 1.807) is 12.1 Å². The van der Waals surface area contributed by atoms with Crippen LogP contribution in [0, 0.1) is 0 Å². The normalized spacial score (nSPS) is 13.7. The molecule has 0 saturated carbocycles. The molecule has 3 aromatic rings. The van der Waals surface area contributed by atoms with Crippen LogP contribution in [0.25, 0.3) is 0 Å². The van der Waals surface area contributed by atoms with Gasteiger partial charge in [0.2, 0.25) is 0 Å². The molecule has 2 amide bonds. The van der Waals surface area contributed by atoms with E-state index < -0.39 is 38.8 Å². The van der Waals surface area contributed by atoms with Gasteiger partial charge >= 0.3 is 6.36 Å². The molecule has 0 unspecified atom stereocenters. The number of hydrogen-bond acceptors (Lipinski definition) is 6. The largest absolute Gasteiger partial charge is 0.573 e. The first kappa shape index (κ1) is 22.3. The lowest BCUT2D eigenvalue weighted by Crippen LogP contribution is -2.29. The van der Waals surface area contributed by atoms with Crippen molar-refractivity contribution in [2.45, 2.75) is 17.8 Å². The highest BCUT2D eigenvalue weighted by Gasteiger charge is 2.38. The fourth-order valence-electron chi connectivity index (χ4n) is 3.28. The molecule has 0 aliphatic carbocycles. The second kappa shape index (κ2) is 8.20. The summed E-state index contributed by atoms with van der Waals surface area (Å²) in [5.41, 5.74) is 0.258. The summed E-state index contributed by atoms with van der Waals surface area (Å²) in [4.78, 5) is 30.1. The van der Waals surface area contributed by atoms with Crippen LogP contribution in [0.15, 0.2) is 71.9 Å². The smallest absolute Gasteiger partial charge is 0.406 e. The number of ether oxygens (including phenoxy) is 1. The molecule has 0 spiro atoms. The number of pyridine rings is 1. The number of rotatable bonds is 6. The lowest BCUT2D eigenvalue weighted by Gasteiger charge is -2.14. The Morgan fingerprint density at radius 2 is 1.76 bits per heavy atom. The van der Waals surface area contributed by atoms with Crippen molar-refractivity contribution in [3.63, 3.8) is 0 Å². The fourth-order valence-corrected chi connectivity index (χ4v) is 4.39. The summed E-state index contributed by atoms with van der Waals surface area (Å²) in [6, 6.07) is 11.2. The number of carbonyl (C=O) groups excluding carboxylic acids is 2. The zero-order valence-electron chi connectivity index (χ0n) is 16.5. The van der Waals surface area contributed by atoms with E-state index in [0.29, 0.717) is 11.6 Å². The van der Waals surface area contributed by atoms with Gasteiger partial charge in [-0.25, -0.2) is 8.42 Å². The van der Waals surface area contributed by atoms with Crippen molar-refractivity contribution in [1.82, 2.24) is 9.88 Å². The van der Waals surface area contributed by atoms with Gasteiger partial charge in [-0.1, -0.05) is 18.2 Å². The van der Waals surface area contributed by atoms with E-state index in [2.05, 4.69) is 14.4 Å². The lowest BCUT2D eigenvalue weighted by molar-refractivity contribution is -0.274. The van der Waals surface area contributed by atoms with Crippen LogP contribution in [-0.4, -0.2) is 36.5 Å². The number of nitrogens with zero attached hydrogens (tertiary/aromatic N) is 2. The van der Waals surface area contributed by atoms with Crippen molar-refractivity contribution < 1.29 is 35.9 Å². The Balaban J connectivity index is 1.64. The first-order valence-corrected chi connectivity index (χ1v) is 10.8. The van der Waals surface area contributed by atoms with Gasteiger partial charge in [-0.3, -0.25) is 24.2 Å². The van der Waals surface area contributed by atoms with Crippen LogP contribution in [0.3, 0.4) is 0 Å². The average Bonchev–Trinajstić information content (AvgIpc) is 2.99. The number of aromatic nitrogens is 1. The first-order valence-electron chi connectivity index (χ1n) is 9.32. The van der Waals surface area contributed by atoms with E-state index in [-0.39, 0.29) is 23.4 Å². The van der Waals surface area contributed by atoms with E-state index in [1.165, 1.54) is 30.6 Å². The van der Waals surface area contributed by atoms with Crippen LogP contribution in [-0.2, 0) is 16.6 Å². The lowest BCUT2D eigenvalue weighted by atomic mass is 10.1. The molecule has 8 nitrogen and oxygen atoms in total. The van der Waals surface area contributed by atoms with Gasteiger partial charge in [-0.15, -0.1) is 13.2 Å². The summed E-state index contributed by atoms with van der Waals surface area (Å²) in [5.74, 6) is -2.05. The molecule has 170 valence electrons. The Labute approximate surface area is 185 Å². The zero-order valence-corrected chi connectivity index (χ0v) is 17.4. The van der Waals surface area contributed by atoms with Crippen molar-refractivity contribution >= 4 is 27.5 Å². The standard InChI is InChI=1S/C21H14F3N3O5S/c22-21(23,24)32-14-5-1-6-15(10-14)33(30,31)26-17-8-2-7-16-18(17)20(29)27(19(16)28)12-13-4-3-9-25-11-13/h1-11,26H,12H2. The fraction of sp³-hybridized carbons (Fsp3) is 0.0952. The van der Waals surface area contributed by atoms with Crippen LogP contribution in [0.5, 0.6) is 5.75 Å². The highest BCUT2D eigenvalue weighted by molar-refractivity contribution is 7.92. The molecule has 1 N–H and O–H groups in total. The maximum Gasteiger partial charge on any atom is 0.573 e. The number of hydrogen-bond donors (Lipinski definition) is 1. The molecule has 2 aromatic carbocycles.